The molecule has 5 nitrogen and oxygen atoms in total. The summed E-state index contributed by atoms with van der Waals surface area (Å²) in [4.78, 5) is 14.0. The maximum Gasteiger partial charge on any atom is 0.182 e. The Morgan fingerprint density at radius 1 is 1.32 bits per heavy atom. The fraction of sp³-hybridized carbons (Fsp3) is 0.429. The molecule has 0 unspecified atom stereocenters. The quantitative estimate of drug-likeness (QED) is 0.830. The lowest BCUT2D eigenvalue weighted by atomic mass is 9.61. The van der Waals surface area contributed by atoms with Gasteiger partial charge in [-0.25, -0.2) is 0 Å². The van der Waals surface area contributed by atoms with Gasteiger partial charge in [0.05, 0.1) is 18.9 Å². The van der Waals surface area contributed by atoms with Crippen LogP contribution in [0.5, 0.6) is 0 Å². The van der Waals surface area contributed by atoms with E-state index >= 15 is 0 Å². The number of aryl methyl sites for hydroxylation is 1. The van der Waals surface area contributed by atoms with Crippen molar-refractivity contribution in [1.29, 1.82) is 0 Å². The van der Waals surface area contributed by atoms with Crippen LogP contribution < -0.4 is 0 Å². The first-order valence-electron chi connectivity index (χ1n) is 6.52. The summed E-state index contributed by atoms with van der Waals surface area (Å²) in [6, 6.07) is 10.0. The number of benzene rings is 1. The summed E-state index contributed by atoms with van der Waals surface area (Å²) in [5.41, 5.74) is 0.802. The first-order valence-corrected chi connectivity index (χ1v) is 6.52. The van der Waals surface area contributed by atoms with Gasteiger partial charge in [-0.3, -0.25) is 4.79 Å². The van der Waals surface area contributed by atoms with Crippen LogP contribution in [-0.4, -0.2) is 26.0 Å². The third kappa shape index (κ3) is 2.05. The molecule has 1 heterocycles. The van der Waals surface area contributed by atoms with Gasteiger partial charge in [-0.15, -0.1) is 10.2 Å². The van der Waals surface area contributed by atoms with Crippen molar-refractivity contribution in [3.63, 3.8) is 0 Å². The largest absolute Gasteiger partial charge is 0.298 e. The highest BCUT2D eigenvalue weighted by Crippen LogP contribution is 2.44. The smallest absolute Gasteiger partial charge is 0.182 e. The second kappa shape index (κ2) is 4.57. The number of rotatable bonds is 4. The Bertz CT molecular complexity index is 587. The van der Waals surface area contributed by atoms with E-state index in [9.17, 15) is 4.79 Å². The lowest BCUT2D eigenvalue weighted by molar-refractivity contribution is -0.127. The Hall–Kier alpha value is -2.04. The molecular weight excluding hydrogens is 240 g/mol. The summed E-state index contributed by atoms with van der Waals surface area (Å²) in [5.74, 6) is 0.715. The molecule has 0 radical (unpaired) electrons. The Kier molecular flexibility index (Phi) is 2.89. The van der Waals surface area contributed by atoms with Gasteiger partial charge < -0.3 is 0 Å². The molecule has 1 aliphatic carbocycles. The molecule has 1 saturated carbocycles. The van der Waals surface area contributed by atoms with Gasteiger partial charge in [-0.1, -0.05) is 36.8 Å². The zero-order valence-electron chi connectivity index (χ0n) is 10.9. The fourth-order valence-electron chi connectivity index (χ4n) is 2.72. The van der Waals surface area contributed by atoms with Crippen molar-refractivity contribution in [3.05, 3.63) is 41.7 Å². The second-order valence-electron chi connectivity index (χ2n) is 5.10. The molecule has 0 bridgehead atoms. The van der Waals surface area contributed by atoms with Crippen molar-refractivity contribution in [3.8, 4) is 0 Å². The number of hydrogen-bond acceptors (Lipinski definition) is 4. The van der Waals surface area contributed by atoms with Crippen molar-refractivity contribution >= 4 is 5.78 Å². The minimum Gasteiger partial charge on any atom is -0.298 e. The van der Waals surface area contributed by atoms with Gasteiger partial charge >= 0.3 is 0 Å². The lowest BCUT2D eigenvalue weighted by Gasteiger charge is -2.40. The first-order chi connectivity index (χ1) is 9.21. The van der Waals surface area contributed by atoms with Crippen molar-refractivity contribution in [2.75, 3.05) is 0 Å². The highest BCUT2D eigenvalue weighted by atomic mass is 16.1. The van der Waals surface area contributed by atoms with Crippen LogP contribution in [-0.2, 0) is 23.7 Å². The molecule has 19 heavy (non-hydrogen) atoms. The van der Waals surface area contributed by atoms with Crippen LogP contribution in [0.15, 0.2) is 30.3 Å². The Labute approximate surface area is 111 Å². The third-order valence-electron chi connectivity index (χ3n) is 3.94. The van der Waals surface area contributed by atoms with Crippen LogP contribution in [0.25, 0.3) is 0 Å². The molecule has 0 spiro atoms. The van der Waals surface area contributed by atoms with Crippen molar-refractivity contribution in [2.24, 2.45) is 7.05 Å². The average Bonchev–Trinajstić information content (AvgIpc) is 2.75. The maximum atomic E-state index is 12.6. The normalized spacial score (nSPS) is 16.9. The summed E-state index contributed by atoms with van der Waals surface area (Å²) in [6.07, 6.45) is 3.23. The van der Waals surface area contributed by atoms with E-state index in [1.54, 1.807) is 7.05 Å². The van der Waals surface area contributed by atoms with Crippen molar-refractivity contribution in [2.45, 2.75) is 31.1 Å². The molecule has 2 aromatic rings. The summed E-state index contributed by atoms with van der Waals surface area (Å²) >= 11 is 0. The van der Waals surface area contributed by atoms with E-state index in [0.717, 1.165) is 24.8 Å². The number of ketones is 1. The number of nitrogens with zero attached hydrogens (tertiary/aromatic N) is 4. The molecule has 98 valence electrons. The van der Waals surface area contributed by atoms with Gasteiger partial charge in [-0.2, -0.15) is 4.80 Å². The monoisotopic (exact) mass is 256 g/mol. The summed E-state index contributed by atoms with van der Waals surface area (Å²) in [5, 5.41) is 11.8. The van der Waals surface area contributed by atoms with Gasteiger partial charge in [0.25, 0.3) is 0 Å². The highest BCUT2D eigenvalue weighted by molar-refractivity contribution is 5.92. The summed E-state index contributed by atoms with van der Waals surface area (Å²) in [7, 11) is 1.71. The van der Waals surface area contributed by atoms with Crippen LogP contribution in [0.3, 0.4) is 0 Å². The number of carbonyl (C=O) groups excluding carboxylic acids is 1. The van der Waals surface area contributed by atoms with E-state index < -0.39 is 0 Å². The zero-order chi connectivity index (χ0) is 13.3. The van der Waals surface area contributed by atoms with Gasteiger partial charge in [0.2, 0.25) is 0 Å². The van der Waals surface area contributed by atoms with Gasteiger partial charge in [0, 0.05) is 0 Å². The standard InChI is InChI=1S/C14H16N4O/c1-18-16-13(15-17-18)10-12(19)14(8-5-9-14)11-6-3-2-4-7-11/h2-4,6-7H,5,8-10H2,1H3. The van der Waals surface area contributed by atoms with Gasteiger partial charge in [0.15, 0.2) is 11.6 Å². The SMILES string of the molecule is Cn1nnc(CC(=O)C2(c3ccccc3)CCC2)n1. The van der Waals surface area contributed by atoms with Gasteiger partial charge in [0.1, 0.15) is 0 Å². The minimum absolute atomic E-state index is 0.206. The molecule has 1 aromatic heterocycles. The predicted octanol–water partition coefficient (Wildman–Crippen LogP) is 1.44. The van der Waals surface area contributed by atoms with Crippen LogP contribution in [0.2, 0.25) is 0 Å². The van der Waals surface area contributed by atoms with E-state index in [1.807, 2.05) is 30.3 Å². The van der Waals surface area contributed by atoms with E-state index in [1.165, 1.54) is 4.80 Å². The number of carbonyl (C=O) groups is 1. The Balaban J connectivity index is 1.84. The maximum absolute atomic E-state index is 12.6. The fourth-order valence-corrected chi connectivity index (χ4v) is 2.72. The van der Waals surface area contributed by atoms with Crippen LogP contribution in [0, 0.1) is 0 Å². The molecule has 1 aliphatic rings. The van der Waals surface area contributed by atoms with Crippen molar-refractivity contribution < 1.29 is 4.79 Å². The molecular formula is C14H16N4O. The summed E-state index contributed by atoms with van der Waals surface area (Å²) < 4.78 is 0. The molecule has 0 aliphatic heterocycles. The number of hydrogen-bond donors (Lipinski definition) is 0. The topological polar surface area (TPSA) is 60.7 Å². The average molecular weight is 256 g/mol. The Morgan fingerprint density at radius 3 is 2.58 bits per heavy atom. The van der Waals surface area contributed by atoms with Crippen molar-refractivity contribution in [1.82, 2.24) is 20.2 Å². The third-order valence-corrected chi connectivity index (χ3v) is 3.94. The second-order valence-corrected chi connectivity index (χ2v) is 5.10. The van der Waals surface area contributed by atoms with Crippen LogP contribution >= 0.6 is 0 Å². The predicted molar refractivity (Wildman–Crippen MR) is 69.5 cm³/mol. The molecule has 5 heteroatoms. The Morgan fingerprint density at radius 2 is 2.05 bits per heavy atom. The molecule has 1 aromatic carbocycles. The zero-order valence-corrected chi connectivity index (χ0v) is 10.9. The van der Waals surface area contributed by atoms with Gasteiger partial charge in [-0.05, 0) is 23.6 Å². The first kappa shape index (κ1) is 12.0. The minimum atomic E-state index is -0.319. The lowest BCUT2D eigenvalue weighted by Crippen LogP contribution is -2.43. The van der Waals surface area contributed by atoms with E-state index in [2.05, 4.69) is 15.4 Å². The summed E-state index contributed by atoms with van der Waals surface area (Å²) in [6.45, 7) is 0. The molecule has 0 atom stereocenters. The van der Waals surface area contributed by atoms with E-state index in [0.29, 0.717) is 5.82 Å². The molecule has 3 rings (SSSR count). The molecule has 0 saturated heterocycles. The van der Waals surface area contributed by atoms with Crippen LogP contribution in [0.1, 0.15) is 30.7 Å². The molecule has 0 N–H and O–H groups in total. The number of tetrazole rings is 1. The van der Waals surface area contributed by atoms with E-state index in [4.69, 9.17) is 0 Å². The number of Topliss-reactive ketones (excluding diaryl/α,β-unsaturated/α-hetero) is 1. The van der Waals surface area contributed by atoms with E-state index in [-0.39, 0.29) is 17.6 Å². The molecule has 0 amide bonds. The number of aromatic nitrogens is 4. The highest BCUT2D eigenvalue weighted by Gasteiger charge is 2.45. The molecule has 1 fully saturated rings. The van der Waals surface area contributed by atoms with Crippen LogP contribution in [0.4, 0.5) is 0 Å².